The lowest BCUT2D eigenvalue weighted by Gasteiger charge is -2.20. The summed E-state index contributed by atoms with van der Waals surface area (Å²) in [5, 5.41) is 0. The summed E-state index contributed by atoms with van der Waals surface area (Å²) in [5.41, 5.74) is 2.68. The van der Waals surface area contributed by atoms with Gasteiger partial charge in [0.05, 0.1) is 18.8 Å². The van der Waals surface area contributed by atoms with Crippen LogP contribution in [0.15, 0.2) is 34.5 Å². The van der Waals surface area contributed by atoms with Crippen LogP contribution in [-0.2, 0) is 20.9 Å². The summed E-state index contributed by atoms with van der Waals surface area (Å²) in [6, 6.07) is 7.06. The molecule has 2 aliphatic heterocycles. The van der Waals surface area contributed by atoms with Crippen molar-refractivity contribution in [3.63, 3.8) is 0 Å². The van der Waals surface area contributed by atoms with Gasteiger partial charge in [-0.3, -0.25) is 4.79 Å². The lowest BCUT2D eigenvalue weighted by molar-refractivity contribution is -0.145. The van der Waals surface area contributed by atoms with Crippen molar-refractivity contribution in [2.24, 2.45) is 0 Å². The highest BCUT2D eigenvalue weighted by Crippen LogP contribution is 2.40. The van der Waals surface area contributed by atoms with Gasteiger partial charge in [0.1, 0.15) is 17.2 Å². The van der Waals surface area contributed by atoms with E-state index in [1.807, 2.05) is 12.1 Å². The number of carbonyl (C=O) groups is 2. The minimum Gasteiger partial charge on any atom is -0.481 e. The molecule has 0 atom stereocenters. The first-order valence-corrected chi connectivity index (χ1v) is 10.2. The van der Waals surface area contributed by atoms with Crippen LogP contribution in [0.3, 0.4) is 0 Å². The molecule has 0 fully saturated rings. The Morgan fingerprint density at radius 3 is 2.90 bits per heavy atom. The number of esters is 1. The average molecular weight is 475 g/mol. The summed E-state index contributed by atoms with van der Waals surface area (Å²) in [5.74, 6) is 1.03. The minimum atomic E-state index is -0.460. The second-order valence-electron chi connectivity index (χ2n) is 6.69. The Morgan fingerprint density at radius 1 is 1.27 bits per heavy atom. The van der Waals surface area contributed by atoms with Crippen LogP contribution < -0.4 is 14.2 Å². The van der Waals surface area contributed by atoms with E-state index in [-0.39, 0.29) is 31.5 Å². The van der Waals surface area contributed by atoms with E-state index in [1.54, 1.807) is 32.1 Å². The summed E-state index contributed by atoms with van der Waals surface area (Å²) >= 11 is 3.47. The van der Waals surface area contributed by atoms with Crippen LogP contribution in [-0.4, -0.2) is 31.8 Å². The van der Waals surface area contributed by atoms with Crippen molar-refractivity contribution in [1.29, 1.82) is 0 Å². The molecule has 30 heavy (non-hydrogen) atoms. The first-order valence-electron chi connectivity index (χ1n) is 9.37. The summed E-state index contributed by atoms with van der Waals surface area (Å²) in [7, 11) is 0. The fourth-order valence-corrected chi connectivity index (χ4v) is 3.84. The average Bonchev–Trinajstić information content (AvgIpc) is 3.04. The maximum Gasteiger partial charge on any atom is 0.344 e. The van der Waals surface area contributed by atoms with Crippen LogP contribution in [0.5, 0.6) is 17.2 Å². The third-order valence-electron chi connectivity index (χ3n) is 4.68. The van der Waals surface area contributed by atoms with Gasteiger partial charge in [0.15, 0.2) is 19.2 Å². The van der Waals surface area contributed by atoms with Crippen LogP contribution in [0.25, 0.3) is 6.08 Å². The van der Waals surface area contributed by atoms with Gasteiger partial charge in [-0.2, -0.15) is 0 Å². The van der Waals surface area contributed by atoms with Gasteiger partial charge < -0.3 is 23.7 Å². The molecule has 0 amide bonds. The molecule has 156 valence electrons. The van der Waals surface area contributed by atoms with Crippen LogP contribution in [0.4, 0.5) is 0 Å². The van der Waals surface area contributed by atoms with E-state index in [4.69, 9.17) is 23.7 Å². The molecule has 0 N–H and O–H groups in total. The fraction of sp³-hybridized carbons (Fsp3) is 0.273. The number of ketones is 1. The zero-order chi connectivity index (χ0) is 21.3. The third-order valence-corrected chi connectivity index (χ3v) is 5.14. The van der Waals surface area contributed by atoms with Gasteiger partial charge in [0, 0.05) is 21.2 Å². The second kappa shape index (κ2) is 8.49. The molecule has 0 unspecified atom stereocenters. The predicted octanol–water partition coefficient (Wildman–Crippen LogP) is 4.18. The number of Topliss-reactive ketones (excluding diaryl/α,β-unsaturated/α-hetero) is 1. The van der Waals surface area contributed by atoms with Crippen molar-refractivity contribution in [2.45, 2.75) is 20.5 Å². The lowest BCUT2D eigenvalue weighted by atomic mass is 10.0. The van der Waals surface area contributed by atoms with Crippen LogP contribution in [0.2, 0.25) is 0 Å². The quantitative estimate of drug-likeness (QED) is 0.474. The number of carbonyl (C=O) groups excluding carboxylic acids is 2. The summed E-state index contributed by atoms with van der Waals surface area (Å²) in [6.45, 7) is 4.16. The summed E-state index contributed by atoms with van der Waals surface area (Å²) < 4.78 is 28.1. The highest BCUT2D eigenvalue weighted by molar-refractivity contribution is 9.10. The molecule has 7 nitrogen and oxygen atoms in total. The molecule has 0 aromatic heterocycles. The Kier molecular flexibility index (Phi) is 5.78. The lowest BCUT2D eigenvalue weighted by Crippen LogP contribution is -2.15. The molecule has 2 heterocycles. The number of halogens is 1. The Hall–Kier alpha value is -2.84. The number of ether oxygens (including phenoxy) is 5. The fourth-order valence-electron chi connectivity index (χ4n) is 3.32. The monoisotopic (exact) mass is 474 g/mol. The van der Waals surface area contributed by atoms with Crippen molar-refractivity contribution in [3.05, 3.63) is 56.8 Å². The number of benzene rings is 2. The van der Waals surface area contributed by atoms with Gasteiger partial charge in [-0.15, -0.1) is 0 Å². The first-order chi connectivity index (χ1) is 14.5. The van der Waals surface area contributed by atoms with E-state index in [0.717, 1.165) is 15.6 Å². The molecule has 2 aromatic rings. The number of allylic oxidation sites excluding steroid dienone is 1. The molecule has 4 rings (SSSR count). The molecule has 0 bridgehead atoms. The van der Waals surface area contributed by atoms with Gasteiger partial charge in [-0.1, -0.05) is 15.9 Å². The zero-order valence-corrected chi connectivity index (χ0v) is 18.0. The van der Waals surface area contributed by atoms with Crippen molar-refractivity contribution >= 4 is 33.8 Å². The van der Waals surface area contributed by atoms with Crippen LogP contribution in [0, 0.1) is 6.92 Å². The van der Waals surface area contributed by atoms with E-state index in [9.17, 15) is 9.59 Å². The van der Waals surface area contributed by atoms with Crippen molar-refractivity contribution in [1.82, 2.24) is 0 Å². The van der Waals surface area contributed by atoms with E-state index in [1.165, 1.54) is 0 Å². The smallest absolute Gasteiger partial charge is 0.344 e. The molecule has 2 aromatic carbocycles. The summed E-state index contributed by atoms with van der Waals surface area (Å²) in [4.78, 5) is 24.4. The predicted molar refractivity (Wildman–Crippen MR) is 111 cm³/mol. The minimum absolute atomic E-state index is 0.153. The van der Waals surface area contributed by atoms with E-state index in [0.29, 0.717) is 35.0 Å². The SMILES string of the molecule is CCOC(=O)COc1ccc2c(c1C)O/C(=C\c1cc(Br)cc3c1OCOC3)C2=O. The maximum atomic E-state index is 12.9. The Morgan fingerprint density at radius 2 is 2.10 bits per heavy atom. The molecular weight excluding hydrogens is 456 g/mol. The molecule has 2 aliphatic rings. The largest absolute Gasteiger partial charge is 0.481 e. The van der Waals surface area contributed by atoms with E-state index in [2.05, 4.69) is 15.9 Å². The normalized spacial score (nSPS) is 15.8. The van der Waals surface area contributed by atoms with Crippen molar-refractivity contribution in [3.8, 4) is 17.2 Å². The maximum absolute atomic E-state index is 12.9. The van der Waals surface area contributed by atoms with Crippen LogP contribution >= 0.6 is 15.9 Å². The topological polar surface area (TPSA) is 80.3 Å². The van der Waals surface area contributed by atoms with Gasteiger partial charge in [0.2, 0.25) is 5.78 Å². The Bertz CT molecular complexity index is 1060. The molecular formula is C22H19BrO7. The molecule has 8 heteroatoms. The van der Waals surface area contributed by atoms with Crippen molar-refractivity contribution in [2.75, 3.05) is 20.0 Å². The van der Waals surface area contributed by atoms with E-state index >= 15 is 0 Å². The van der Waals surface area contributed by atoms with Crippen molar-refractivity contribution < 1.29 is 33.3 Å². The summed E-state index contributed by atoms with van der Waals surface area (Å²) in [6.07, 6.45) is 1.66. The molecule has 0 spiro atoms. The number of hydrogen-bond donors (Lipinski definition) is 0. The number of rotatable bonds is 5. The molecule has 0 saturated carbocycles. The van der Waals surface area contributed by atoms with Gasteiger partial charge >= 0.3 is 5.97 Å². The molecule has 0 saturated heterocycles. The van der Waals surface area contributed by atoms with Gasteiger partial charge in [-0.25, -0.2) is 4.79 Å². The standard InChI is InChI=1S/C22H19BrO7/c1-3-27-19(24)10-28-17-5-4-16-20(25)18(30-21(16)12(17)2)8-13-6-15(23)7-14-9-26-11-29-22(13)14/h4-8H,3,9-11H2,1-2H3/b18-8-. The third kappa shape index (κ3) is 3.93. The van der Waals surface area contributed by atoms with Gasteiger partial charge in [0.25, 0.3) is 0 Å². The number of fused-ring (bicyclic) bond motifs is 2. The second-order valence-corrected chi connectivity index (χ2v) is 7.61. The number of hydrogen-bond acceptors (Lipinski definition) is 7. The van der Waals surface area contributed by atoms with Crippen LogP contribution in [0.1, 0.15) is 34.0 Å². The van der Waals surface area contributed by atoms with E-state index < -0.39 is 5.97 Å². The zero-order valence-electron chi connectivity index (χ0n) is 16.5. The van der Waals surface area contributed by atoms with Gasteiger partial charge in [-0.05, 0) is 44.2 Å². The highest BCUT2D eigenvalue weighted by atomic mass is 79.9. The molecule has 0 aliphatic carbocycles. The highest BCUT2D eigenvalue weighted by Gasteiger charge is 2.31. The molecule has 0 radical (unpaired) electrons. The Labute approximate surface area is 181 Å². The Balaban J connectivity index is 1.62. The first kappa shape index (κ1) is 20.4.